The summed E-state index contributed by atoms with van der Waals surface area (Å²) >= 11 is 0. The van der Waals surface area contributed by atoms with E-state index >= 15 is 0 Å². The van der Waals surface area contributed by atoms with E-state index in [1.54, 1.807) is 28.8 Å². The van der Waals surface area contributed by atoms with E-state index in [0.717, 1.165) is 27.8 Å². The topological polar surface area (TPSA) is 56.7 Å². The lowest BCUT2D eigenvalue weighted by molar-refractivity contribution is 0.671. The summed E-state index contributed by atoms with van der Waals surface area (Å²) in [5.41, 5.74) is 6.59. The first-order chi connectivity index (χ1) is 29.5. The molecule has 0 amide bonds. The summed E-state index contributed by atoms with van der Waals surface area (Å²) in [6.07, 6.45) is 0.681. The highest BCUT2D eigenvalue weighted by Gasteiger charge is 2.25. The van der Waals surface area contributed by atoms with Crippen LogP contribution >= 0.6 is 0 Å². The average molecular weight is 663 g/mol. The third-order valence-corrected chi connectivity index (χ3v) is 9.61. The van der Waals surface area contributed by atoms with Crippen LogP contribution in [-0.2, 0) is 6.42 Å². The van der Waals surface area contributed by atoms with Crippen molar-refractivity contribution in [2.75, 3.05) is 0 Å². The third-order valence-electron chi connectivity index (χ3n) is 9.61. The molecule has 1 aliphatic carbocycles. The fourth-order valence-electron chi connectivity index (χ4n) is 7.36. The van der Waals surface area contributed by atoms with E-state index in [9.17, 15) is 4.11 Å². The number of hydrogen-bond acceptors (Lipinski definition) is 4. The molecule has 3 heterocycles. The minimum Gasteiger partial charge on any atom is -0.454 e. The molecule has 5 nitrogen and oxygen atoms in total. The number of aromatic nitrogens is 4. The monoisotopic (exact) mass is 662 g/mol. The molecule has 3 aromatic heterocycles. The van der Waals surface area contributed by atoms with Crippen molar-refractivity contribution in [1.29, 1.82) is 0 Å². The van der Waals surface area contributed by atoms with E-state index < -0.39 is 60.4 Å². The predicted octanol–water partition coefficient (Wildman–Crippen LogP) is 11.4. The molecule has 0 spiro atoms. The molecule has 0 aliphatic heterocycles. The molecule has 238 valence electrons. The minimum atomic E-state index is -0.538. The molecule has 10 aromatic rings. The van der Waals surface area contributed by atoms with Gasteiger partial charge in [0.15, 0.2) is 23.1 Å². The van der Waals surface area contributed by atoms with E-state index in [1.807, 2.05) is 54.6 Å². The van der Waals surface area contributed by atoms with Gasteiger partial charge in [-0.25, -0.2) is 15.0 Å². The van der Waals surface area contributed by atoms with Gasteiger partial charge >= 0.3 is 0 Å². The number of nitrogens with zero attached hydrogens (tertiary/aromatic N) is 4. The maximum Gasteiger partial charge on any atom is 0.166 e. The van der Waals surface area contributed by atoms with Crippen LogP contribution in [0, 0.1) is 0 Å². The van der Waals surface area contributed by atoms with Gasteiger partial charge in [-0.15, -0.1) is 0 Å². The Kier molecular flexibility index (Phi) is 4.24. The Balaban J connectivity index is 1.28. The average Bonchev–Trinajstić information content (AvgIpc) is 3.99. The quantitative estimate of drug-likeness (QED) is 0.188. The van der Waals surface area contributed by atoms with Crippen molar-refractivity contribution in [1.82, 2.24) is 19.5 Å². The van der Waals surface area contributed by atoms with Gasteiger partial charge in [0, 0.05) is 38.2 Å². The lowest BCUT2D eigenvalue weighted by atomic mass is 10.0. The molecule has 0 saturated heterocycles. The maximum absolute atomic E-state index is 9.41. The van der Waals surface area contributed by atoms with Crippen LogP contribution in [-0.4, -0.2) is 19.5 Å². The summed E-state index contributed by atoms with van der Waals surface area (Å²) in [5, 5.41) is -0.177. The summed E-state index contributed by atoms with van der Waals surface area (Å²) in [6.45, 7) is 0. The van der Waals surface area contributed by atoms with Gasteiger partial charge in [-0.2, -0.15) is 0 Å². The van der Waals surface area contributed by atoms with Gasteiger partial charge in [-0.1, -0.05) is 127 Å². The van der Waals surface area contributed by atoms with Gasteiger partial charge in [0.1, 0.15) is 5.58 Å². The summed E-state index contributed by atoms with van der Waals surface area (Å²) < 4.78 is 96.8. The van der Waals surface area contributed by atoms with Gasteiger partial charge in [-0.05, 0) is 58.9 Å². The van der Waals surface area contributed by atoms with Gasteiger partial charge in [0.05, 0.1) is 30.4 Å². The summed E-state index contributed by atoms with van der Waals surface area (Å²) in [4.78, 5) is 15.2. The van der Waals surface area contributed by atoms with Gasteiger partial charge < -0.3 is 8.98 Å². The van der Waals surface area contributed by atoms with Crippen molar-refractivity contribution in [2.45, 2.75) is 6.42 Å². The minimum absolute atomic E-state index is 0.00920. The second-order valence-electron chi connectivity index (χ2n) is 12.4. The zero-order chi connectivity index (χ0) is 42.2. The number of rotatable bonds is 4. The first-order valence-corrected chi connectivity index (χ1v) is 16.4. The first-order valence-electron chi connectivity index (χ1n) is 21.4. The van der Waals surface area contributed by atoms with Crippen molar-refractivity contribution in [3.8, 4) is 51.0 Å². The third kappa shape index (κ3) is 4.18. The van der Waals surface area contributed by atoms with Crippen LogP contribution < -0.4 is 0 Å². The normalized spacial score (nSPS) is 15.0. The van der Waals surface area contributed by atoms with Crippen molar-refractivity contribution in [3.63, 3.8) is 0 Å². The number of benzene rings is 7. The Morgan fingerprint density at radius 1 is 0.529 bits per heavy atom. The smallest absolute Gasteiger partial charge is 0.166 e. The van der Waals surface area contributed by atoms with Crippen LogP contribution in [0.25, 0.3) is 94.7 Å². The molecule has 51 heavy (non-hydrogen) atoms. The van der Waals surface area contributed by atoms with E-state index in [4.69, 9.17) is 29.0 Å². The molecule has 0 bridgehead atoms. The first kappa shape index (κ1) is 20.0. The Hall–Kier alpha value is -6.85. The molecule has 0 fully saturated rings. The van der Waals surface area contributed by atoms with Crippen molar-refractivity contribution in [3.05, 3.63) is 169 Å². The molecule has 0 N–H and O–H groups in total. The lowest BCUT2D eigenvalue weighted by Crippen LogP contribution is -2.04. The molecule has 0 radical (unpaired) electrons. The van der Waals surface area contributed by atoms with Crippen molar-refractivity contribution < 1.29 is 18.1 Å². The zero-order valence-corrected chi connectivity index (χ0v) is 26.6. The number of furan rings is 1. The summed E-state index contributed by atoms with van der Waals surface area (Å²) in [5.74, 6) is 1.05. The van der Waals surface area contributed by atoms with Gasteiger partial charge in [0.2, 0.25) is 0 Å². The van der Waals surface area contributed by atoms with Crippen LogP contribution in [0.4, 0.5) is 0 Å². The molecule has 5 heteroatoms. The van der Waals surface area contributed by atoms with Gasteiger partial charge in [-0.3, -0.25) is 0 Å². The second kappa shape index (κ2) is 10.8. The molecular weight excluding hydrogens is 625 g/mol. The molecule has 0 unspecified atom stereocenters. The van der Waals surface area contributed by atoms with Crippen LogP contribution in [0.2, 0.25) is 0 Å². The van der Waals surface area contributed by atoms with E-state index in [1.165, 1.54) is 5.56 Å². The zero-order valence-electron chi connectivity index (χ0n) is 36.6. The van der Waals surface area contributed by atoms with Gasteiger partial charge in [0.25, 0.3) is 0 Å². The van der Waals surface area contributed by atoms with E-state index in [0.29, 0.717) is 29.3 Å². The molecule has 0 atom stereocenters. The fraction of sp³-hybridized carbons (Fsp3) is 0.0217. The van der Waals surface area contributed by atoms with Crippen LogP contribution in [0.3, 0.4) is 0 Å². The highest BCUT2D eigenvalue weighted by molar-refractivity contribution is 6.21. The Labute approximate surface area is 307 Å². The Morgan fingerprint density at radius 2 is 1.20 bits per heavy atom. The fourth-order valence-corrected chi connectivity index (χ4v) is 7.36. The van der Waals surface area contributed by atoms with Crippen LogP contribution in [0.5, 0.6) is 0 Å². The molecule has 0 saturated carbocycles. The maximum atomic E-state index is 9.41. The Morgan fingerprint density at radius 3 is 2.10 bits per heavy atom. The SMILES string of the molecule is [2H]c1c([2H])c([2H])c2c(oc3c2c([2H])c([2H])c2c4c([2H])c([2H])c([2H])c([2H])c4n(-c4ccccc4-c4nc(-c5ccccc5)nc(-c5cccc6c5Cc5ccccc5-6)n4)c32)c1[2H]. The van der Waals surface area contributed by atoms with E-state index in [-0.39, 0.29) is 49.6 Å². The second-order valence-corrected chi connectivity index (χ2v) is 12.4. The predicted molar refractivity (Wildman–Crippen MR) is 206 cm³/mol. The van der Waals surface area contributed by atoms with Crippen molar-refractivity contribution in [2.24, 2.45) is 0 Å². The summed E-state index contributed by atoms with van der Waals surface area (Å²) in [6, 6.07) is 26.2. The highest BCUT2D eigenvalue weighted by Crippen LogP contribution is 2.43. The van der Waals surface area contributed by atoms with Crippen molar-refractivity contribution >= 4 is 43.7 Å². The van der Waals surface area contributed by atoms with Crippen LogP contribution in [0.15, 0.2) is 162 Å². The number of para-hydroxylation sites is 3. The number of fused-ring (bicyclic) bond motifs is 10. The van der Waals surface area contributed by atoms with Crippen LogP contribution in [0.1, 0.15) is 24.8 Å². The number of hydrogen-bond donors (Lipinski definition) is 0. The molecular formula is C46H28N4O. The van der Waals surface area contributed by atoms with E-state index in [2.05, 4.69) is 18.2 Å². The molecule has 1 aliphatic rings. The largest absolute Gasteiger partial charge is 0.454 e. The summed E-state index contributed by atoms with van der Waals surface area (Å²) in [7, 11) is 0. The highest BCUT2D eigenvalue weighted by atomic mass is 16.3. The Bertz CT molecular complexity index is 3580. The lowest BCUT2D eigenvalue weighted by Gasteiger charge is -2.15. The molecule has 7 aromatic carbocycles. The molecule has 11 rings (SSSR count). The standard InChI is InChI=1S/C46H28N4O/c1-2-13-28(14-3-1)44-47-45(36-21-12-20-31-30-16-5-4-15-29(30)27-38(31)36)49-46(48-44)37-19-7-10-23-40(37)50-39-22-9-6-17-32(39)34-25-26-35-33-18-8-11-24-41(33)51-43(35)42(34)50/h1-26H,27H2/i6D,8D,9D,11D,17D,18D,22D,24D,25D,26D.